The molecule has 0 bridgehead atoms. The normalized spacial score (nSPS) is 11.2. The third-order valence-electron chi connectivity index (χ3n) is 3.71. The van der Waals surface area contributed by atoms with Gasteiger partial charge in [0, 0.05) is 37.1 Å². The lowest BCUT2D eigenvalue weighted by Gasteiger charge is -2.15. The molecule has 1 amide bonds. The van der Waals surface area contributed by atoms with Crippen molar-refractivity contribution in [3.63, 3.8) is 0 Å². The average molecular weight is 407 g/mol. The van der Waals surface area contributed by atoms with E-state index in [9.17, 15) is 18.0 Å². The summed E-state index contributed by atoms with van der Waals surface area (Å²) in [5.74, 6) is -0.951. The van der Waals surface area contributed by atoms with E-state index in [1.165, 1.54) is 24.3 Å². The minimum absolute atomic E-state index is 0.0222. The molecule has 3 aromatic rings. The second-order valence-electron chi connectivity index (χ2n) is 6.08. The zero-order valence-electron chi connectivity index (χ0n) is 15.4. The molecule has 0 aliphatic heterocycles. The number of rotatable bonds is 5. The van der Waals surface area contributed by atoms with Crippen LogP contribution in [0.3, 0.4) is 0 Å². The van der Waals surface area contributed by atoms with Crippen molar-refractivity contribution in [3.05, 3.63) is 54.0 Å². The van der Waals surface area contributed by atoms with Gasteiger partial charge in [-0.25, -0.2) is 9.78 Å². The molecule has 1 aromatic carbocycles. The molecule has 0 unspecified atom stereocenters. The first kappa shape index (κ1) is 20.1. The standard InChI is InChI=1S/C18H16F3N5O3/c1-26(2)15-12(4-3-9-22-15)10-28-17(27)23-13-7-5-11(6-8-13)14-24-16(29-25-14)18(19,20)21/h3-9H,10H2,1-2H3,(H,23,27). The molecule has 0 aliphatic rings. The number of ether oxygens (including phenoxy) is 1. The fourth-order valence-electron chi connectivity index (χ4n) is 2.40. The van der Waals surface area contributed by atoms with Crippen LogP contribution in [0.4, 0.5) is 29.5 Å². The zero-order chi connectivity index (χ0) is 21.0. The number of benzene rings is 1. The zero-order valence-corrected chi connectivity index (χ0v) is 15.4. The molecule has 2 aromatic heterocycles. The molecular weight excluding hydrogens is 391 g/mol. The Balaban J connectivity index is 1.60. The third kappa shape index (κ3) is 5.00. The number of carbonyl (C=O) groups is 1. The first-order valence-electron chi connectivity index (χ1n) is 8.30. The topological polar surface area (TPSA) is 93.4 Å². The lowest BCUT2D eigenvalue weighted by molar-refractivity contribution is -0.159. The van der Waals surface area contributed by atoms with Crippen molar-refractivity contribution in [1.29, 1.82) is 0 Å². The lowest BCUT2D eigenvalue weighted by Crippen LogP contribution is -2.17. The monoisotopic (exact) mass is 407 g/mol. The van der Waals surface area contributed by atoms with E-state index in [2.05, 4.69) is 25.0 Å². The molecule has 0 atom stereocenters. The van der Waals surface area contributed by atoms with Crippen molar-refractivity contribution < 1.29 is 27.2 Å². The smallest absolute Gasteiger partial charge is 0.444 e. The van der Waals surface area contributed by atoms with Gasteiger partial charge in [0.15, 0.2) is 0 Å². The maximum Gasteiger partial charge on any atom is 0.471 e. The van der Waals surface area contributed by atoms with Crippen LogP contribution in [0.25, 0.3) is 11.4 Å². The molecule has 0 radical (unpaired) electrons. The van der Waals surface area contributed by atoms with Crippen LogP contribution in [-0.2, 0) is 17.5 Å². The Morgan fingerprint density at radius 2 is 1.93 bits per heavy atom. The highest BCUT2D eigenvalue weighted by molar-refractivity contribution is 5.85. The molecule has 1 N–H and O–H groups in total. The highest BCUT2D eigenvalue weighted by Gasteiger charge is 2.38. The Bertz CT molecular complexity index is 987. The summed E-state index contributed by atoms with van der Waals surface area (Å²) in [6.45, 7) is 0.0222. The summed E-state index contributed by atoms with van der Waals surface area (Å²) in [5.41, 5.74) is 1.42. The Kier molecular flexibility index (Phi) is 5.66. The molecule has 0 aliphatic carbocycles. The second-order valence-corrected chi connectivity index (χ2v) is 6.08. The number of alkyl halides is 3. The number of anilines is 2. The van der Waals surface area contributed by atoms with E-state index in [0.717, 1.165) is 5.56 Å². The fraction of sp³-hybridized carbons (Fsp3) is 0.222. The van der Waals surface area contributed by atoms with Crippen molar-refractivity contribution in [2.75, 3.05) is 24.3 Å². The predicted molar refractivity (Wildman–Crippen MR) is 97.1 cm³/mol. The van der Waals surface area contributed by atoms with E-state index in [0.29, 0.717) is 17.1 Å². The molecule has 29 heavy (non-hydrogen) atoms. The largest absolute Gasteiger partial charge is 0.471 e. The number of amides is 1. The lowest BCUT2D eigenvalue weighted by atomic mass is 10.2. The Morgan fingerprint density at radius 3 is 2.55 bits per heavy atom. The van der Waals surface area contributed by atoms with Crippen LogP contribution < -0.4 is 10.2 Å². The molecule has 2 heterocycles. The number of halogens is 3. The molecule has 3 rings (SSSR count). The summed E-state index contributed by atoms with van der Waals surface area (Å²) in [6, 6.07) is 9.40. The van der Waals surface area contributed by atoms with Crippen LogP contribution in [0.15, 0.2) is 47.1 Å². The van der Waals surface area contributed by atoms with E-state index >= 15 is 0 Å². The predicted octanol–water partition coefficient (Wildman–Crippen LogP) is 3.97. The van der Waals surface area contributed by atoms with E-state index in [1.807, 2.05) is 14.1 Å². The van der Waals surface area contributed by atoms with Crippen LogP contribution in [0.2, 0.25) is 0 Å². The van der Waals surface area contributed by atoms with Crippen molar-refractivity contribution in [3.8, 4) is 11.4 Å². The van der Waals surface area contributed by atoms with Gasteiger partial charge in [0.1, 0.15) is 12.4 Å². The summed E-state index contributed by atoms with van der Waals surface area (Å²) in [4.78, 5) is 21.3. The van der Waals surface area contributed by atoms with Gasteiger partial charge in [-0.2, -0.15) is 18.2 Å². The summed E-state index contributed by atoms with van der Waals surface area (Å²) in [6.07, 6.45) is -3.76. The van der Waals surface area contributed by atoms with Crippen molar-refractivity contribution in [2.24, 2.45) is 0 Å². The molecule has 0 saturated heterocycles. The van der Waals surface area contributed by atoms with Gasteiger partial charge in [-0.1, -0.05) is 11.2 Å². The van der Waals surface area contributed by atoms with Crippen molar-refractivity contribution in [1.82, 2.24) is 15.1 Å². The van der Waals surface area contributed by atoms with Gasteiger partial charge >= 0.3 is 18.2 Å². The minimum Gasteiger partial charge on any atom is -0.444 e. The van der Waals surface area contributed by atoms with Gasteiger partial charge in [-0.15, -0.1) is 0 Å². The van der Waals surface area contributed by atoms with Crippen LogP contribution in [0, 0.1) is 0 Å². The van der Waals surface area contributed by atoms with E-state index in [4.69, 9.17) is 4.74 Å². The van der Waals surface area contributed by atoms with E-state index < -0.39 is 18.2 Å². The SMILES string of the molecule is CN(C)c1ncccc1COC(=O)Nc1ccc(-c2noc(C(F)(F)F)n2)cc1. The molecule has 0 saturated carbocycles. The number of aromatic nitrogens is 3. The van der Waals surface area contributed by atoms with Gasteiger partial charge < -0.3 is 14.2 Å². The van der Waals surface area contributed by atoms with Gasteiger partial charge in [-0.3, -0.25) is 5.32 Å². The van der Waals surface area contributed by atoms with E-state index in [-0.39, 0.29) is 12.4 Å². The first-order valence-corrected chi connectivity index (χ1v) is 8.30. The number of pyridine rings is 1. The number of carbonyl (C=O) groups excluding carboxylic acids is 1. The summed E-state index contributed by atoms with van der Waals surface area (Å²) in [5, 5.41) is 5.83. The highest BCUT2D eigenvalue weighted by Crippen LogP contribution is 2.29. The van der Waals surface area contributed by atoms with E-state index in [1.54, 1.807) is 23.2 Å². The summed E-state index contributed by atoms with van der Waals surface area (Å²) >= 11 is 0. The maximum atomic E-state index is 12.5. The summed E-state index contributed by atoms with van der Waals surface area (Å²) in [7, 11) is 3.66. The van der Waals surface area contributed by atoms with Gasteiger partial charge in [0.2, 0.25) is 5.82 Å². The van der Waals surface area contributed by atoms with Crippen LogP contribution in [0.5, 0.6) is 0 Å². The molecule has 0 spiro atoms. The molecular formula is C18H16F3N5O3. The van der Waals surface area contributed by atoms with Crippen LogP contribution >= 0.6 is 0 Å². The van der Waals surface area contributed by atoms with Crippen LogP contribution in [-0.4, -0.2) is 35.3 Å². The van der Waals surface area contributed by atoms with Gasteiger partial charge in [-0.05, 0) is 30.3 Å². The number of nitrogens with zero attached hydrogens (tertiary/aromatic N) is 4. The van der Waals surface area contributed by atoms with Gasteiger partial charge in [0.25, 0.3) is 0 Å². The first-order chi connectivity index (χ1) is 13.7. The molecule has 8 nitrogen and oxygen atoms in total. The number of hydrogen-bond acceptors (Lipinski definition) is 7. The number of hydrogen-bond donors (Lipinski definition) is 1. The fourth-order valence-corrected chi connectivity index (χ4v) is 2.40. The molecule has 0 fully saturated rings. The van der Waals surface area contributed by atoms with Crippen LogP contribution in [0.1, 0.15) is 11.5 Å². The molecule has 11 heteroatoms. The minimum atomic E-state index is -4.71. The Morgan fingerprint density at radius 1 is 1.21 bits per heavy atom. The highest BCUT2D eigenvalue weighted by atomic mass is 19.4. The van der Waals surface area contributed by atoms with Crippen molar-refractivity contribution in [2.45, 2.75) is 12.8 Å². The number of nitrogens with one attached hydrogen (secondary N) is 1. The second kappa shape index (κ2) is 8.17. The third-order valence-corrected chi connectivity index (χ3v) is 3.71. The maximum absolute atomic E-state index is 12.5. The quantitative estimate of drug-likeness (QED) is 0.684. The van der Waals surface area contributed by atoms with Gasteiger partial charge in [0.05, 0.1) is 0 Å². The molecule has 152 valence electrons. The average Bonchev–Trinajstić information content (AvgIpc) is 3.18. The summed E-state index contributed by atoms with van der Waals surface area (Å²) < 4.78 is 47.0. The Hall–Kier alpha value is -3.63. The van der Waals surface area contributed by atoms with Crippen molar-refractivity contribution >= 4 is 17.6 Å². The Labute approximate surface area is 163 Å².